The summed E-state index contributed by atoms with van der Waals surface area (Å²) in [6.45, 7) is 8.74. The monoisotopic (exact) mass is 339 g/mol. The van der Waals surface area contributed by atoms with Crippen molar-refractivity contribution in [2.75, 3.05) is 24.6 Å². The van der Waals surface area contributed by atoms with Crippen LogP contribution in [0.4, 0.5) is 5.69 Å². The second-order valence-electron chi connectivity index (χ2n) is 5.42. The number of ether oxygens (including phenoxy) is 1. The minimum Gasteiger partial charge on any atom is -0.494 e. The first-order valence-electron chi connectivity index (χ1n) is 8.59. The zero-order valence-corrected chi connectivity index (χ0v) is 15.0. The van der Waals surface area contributed by atoms with Gasteiger partial charge in [-0.15, -0.1) is 0 Å². The van der Waals surface area contributed by atoms with Crippen LogP contribution in [0.3, 0.4) is 0 Å². The number of anilines is 1. The second kappa shape index (κ2) is 9.47. The van der Waals surface area contributed by atoms with Gasteiger partial charge in [-0.1, -0.05) is 12.1 Å². The summed E-state index contributed by atoms with van der Waals surface area (Å²) in [5, 5.41) is 4.02. The zero-order valence-electron chi connectivity index (χ0n) is 15.0. The SMILES string of the molecule is CCOc1ccc(C(=O)NN=Cc2ccc(N(CC)CC)cc2)cc1. The number of benzene rings is 2. The lowest BCUT2D eigenvalue weighted by Crippen LogP contribution is -2.21. The van der Waals surface area contributed by atoms with Crippen molar-refractivity contribution in [1.29, 1.82) is 0 Å². The van der Waals surface area contributed by atoms with E-state index in [-0.39, 0.29) is 5.91 Å². The lowest BCUT2D eigenvalue weighted by Gasteiger charge is -2.20. The van der Waals surface area contributed by atoms with E-state index in [0.29, 0.717) is 12.2 Å². The van der Waals surface area contributed by atoms with Crippen molar-refractivity contribution in [2.45, 2.75) is 20.8 Å². The summed E-state index contributed by atoms with van der Waals surface area (Å²) in [7, 11) is 0. The standard InChI is InChI=1S/C20H25N3O2/c1-4-23(5-2)18-11-7-16(8-12-18)15-21-22-20(24)17-9-13-19(14-10-17)25-6-3/h7-15H,4-6H2,1-3H3,(H,22,24). The van der Waals surface area contributed by atoms with Gasteiger partial charge in [-0.2, -0.15) is 5.10 Å². The Balaban J connectivity index is 1.92. The van der Waals surface area contributed by atoms with Crippen LogP contribution in [-0.4, -0.2) is 31.8 Å². The van der Waals surface area contributed by atoms with E-state index in [2.05, 4.69) is 41.4 Å². The topological polar surface area (TPSA) is 53.9 Å². The van der Waals surface area contributed by atoms with Crippen LogP contribution in [-0.2, 0) is 0 Å². The number of carbonyl (C=O) groups excluding carboxylic acids is 1. The highest BCUT2D eigenvalue weighted by molar-refractivity contribution is 5.95. The molecule has 0 heterocycles. The van der Waals surface area contributed by atoms with Crippen LogP contribution in [0.5, 0.6) is 5.75 Å². The van der Waals surface area contributed by atoms with Gasteiger partial charge in [0, 0.05) is 24.3 Å². The average Bonchev–Trinajstić information content (AvgIpc) is 2.65. The Morgan fingerprint density at radius 2 is 1.68 bits per heavy atom. The molecule has 0 saturated heterocycles. The molecule has 0 spiro atoms. The van der Waals surface area contributed by atoms with Gasteiger partial charge in [0.2, 0.25) is 0 Å². The van der Waals surface area contributed by atoms with Crippen LogP contribution in [0.25, 0.3) is 0 Å². The fraction of sp³-hybridized carbons (Fsp3) is 0.300. The van der Waals surface area contributed by atoms with Crippen LogP contribution < -0.4 is 15.1 Å². The van der Waals surface area contributed by atoms with Crippen molar-refractivity contribution in [1.82, 2.24) is 5.43 Å². The highest BCUT2D eigenvalue weighted by Gasteiger charge is 2.04. The Bertz CT molecular complexity index is 690. The molecule has 0 aliphatic heterocycles. The molecule has 2 aromatic carbocycles. The molecule has 2 aromatic rings. The molecule has 0 aliphatic carbocycles. The third-order valence-electron chi connectivity index (χ3n) is 3.83. The van der Waals surface area contributed by atoms with Crippen molar-refractivity contribution >= 4 is 17.8 Å². The third kappa shape index (κ3) is 5.35. The van der Waals surface area contributed by atoms with Crippen LogP contribution >= 0.6 is 0 Å². The Kier molecular flexibility index (Phi) is 7.01. The quantitative estimate of drug-likeness (QED) is 0.589. The van der Waals surface area contributed by atoms with Crippen molar-refractivity contribution in [2.24, 2.45) is 5.10 Å². The molecule has 5 nitrogen and oxygen atoms in total. The fourth-order valence-electron chi connectivity index (χ4n) is 2.46. The molecule has 5 heteroatoms. The van der Waals surface area contributed by atoms with Gasteiger partial charge in [0.05, 0.1) is 12.8 Å². The van der Waals surface area contributed by atoms with Crippen LogP contribution in [0.15, 0.2) is 53.6 Å². The maximum Gasteiger partial charge on any atom is 0.271 e. The molecule has 132 valence electrons. The predicted octanol–water partition coefficient (Wildman–Crippen LogP) is 3.70. The highest BCUT2D eigenvalue weighted by atomic mass is 16.5. The van der Waals surface area contributed by atoms with Gasteiger partial charge in [0.15, 0.2) is 0 Å². The van der Waals surface area contributed by atoms with E-state index >= 15 is 0 Å². The van der Waals surface area contributed by atoms with Gasteiger partial charge < -0.3 is 9.64 Å². The first-order valence-corrected chi connectivity index (χ1v) is 8.59. The number of rotatable bonds is 8. The van der Waals surface area contributed by atoms with E-state index in [1.807, 2.05) is 19.1 Å². The van der Waals surface area contributed by atoms with Crippen molar-refractivity contribution in [3.63, 3.8) is 0 Å². The van der Waals surface area contributed by atoms with Crippen molar-refractivity contribution in [3.05, 3.63) is 59.7 Å². The molecule has 1 N–H and O–H groups in total. The normalized spacial score (nSPS) is 10.7. The molecule has 0 bridgehead atoms. The first kappa shape index (κ1) is 18.5. The van der Waals surface area contributed by atoms with E-state index in [0.717, 1.165) is 24.4 Å². The van der Waals surface area contributed by atoms with E-state index in [1.54, 1.807) is 30.5 Å². The maximum absolute atomic E-state index is 12.1. The predicted molar refractivity (Wildman–Crippen MR) is 103 cm³/mol. The molecule has 0 unspecified atom stereocenters. The van der Waals surface area contributed by atoms with Crippen LogP contribution in [0.1, 0.15) is 36.7 Å². The van der Waals surface area contributed by atoms with Crippen LogP contribution in [0, 0.1) is 0 Å². The number of nitrogens with one attached hydrogen (secondary N) is 1. The van der Waals surface area contributed by atoms with E-state index in [1.165, 1.54) is 5.69 Å². The highest BCUT2D eigenvalue weighted by Crippen LogP contribution is 2.14. The lowest BCUT2D eigenvalue weighted by molar-refractivity contribution is 0.0955. The van der Waals surface area contributed by atoms with Crippen LogP contribution in [0.2, 0.25) is 0 Å². The smallest absolute Gasteiger partial charge is 0.271 e. The molecular formula is C20H25N3O2. The molecule has 2 rings (SSSR count). The zero-order chi connectivity index (χ0) is 18.1. The van der Waals surface area contributed by atoms with Gasteiger partial charge in [-0.05, 0) is 62.7 Å². The number of nitrogens with zero attached hydrogens (tertiary/aromatic N) is 2. The fourth-order valence-corrected chi connectivity index (χ4v) is 2.46. The Labute approximate surface area is 149 Å². The van der Waals surface area contributed by atoms with E-state index < -0.39 is 0 Å². The van der Waals surface area contributed by atoms with Gasteiger partial charge in [-0.25, -0.2) is 5.43 Å². The lowest BCUT2D eigenvalue weighted by atomic mass is 10.2. The molecule has 1 amide bonds. The molecule has 0 saturated carbocycles. The molecule has 0 radical (unpaired) electrons. The summed E-state index contributed by atoms with van der Waals surface area (Å²) in [5.41, 5.74) is 5.19. The van der Waals surface area contributed by atoms with Gasteiger partial charge in [0.1, 0.15) is 5.75 Å². The number of amides is 1. The first-order chi connectivity index (χ1) is 12.2. The maximum atomic E-state index is 12.1. The molecule has 0 aliphatic rings. The van der Waals surface area contributed by atoms with Gasteiger partial charge in [0.25, 0.3) is 5.91 Å². The largest absolute Gasteiger partial charge is 0.494 e. The van der Waals surface area contributed by atoms with E-state index in [4.69, 9.17) is 4.74 Å². The molecule has 0 fully saturated rings. The number of hydrazone groups is 1. The minimum atomic E-state index is -0.251. The Morgan fingerprint density at radius 3 is 2.24 bits per heavy atom. The van der Waals surface area contributed by atoms with Gasteiger partial charge >= 0.3 is 0 Å². The molecule has 25 heavy (non-hydrogen) atoms. The minimum absolute atomic E-state index is 0.251. The summed E-state index contributed by atoms with van der Waals surface area (Å²) in [6, 6.07) is 15.1. The number of carbonyl (C=O) groups is 1. The third-order valence-corrected chi connectivity index (χ3v) is 3.83. The molecular weight excluding hydrogens is 314 g/mol. The van der Waals surface area contributed by atoms with E-state index in [9.17, 15) is 4.79 Å². The van der Waals surface area contributed by atoms with Crippen molar-refractivity contribution < 1.29 is 9.53 Å². The second-order valence-corrected chi connectivity index (χ2v) is 5.42. The number of hydrogen-bond acceptors (Lipinski definition) is 4. The Morgan fingerprint density at radius 1 is 1.04 bits per heavy atom. The summed E-state index contributed by atoms with van der Waals surface area (Å²) >= 11 is 0. The summed E-state index contributed by atoms with van der Waals surface area (Å²) in [6.07, 6.45) is 1.64. The molecule has 0 atom stereocenters. The molecule has 0 aromatic heterocycles. The summed E-state index contributed by atoms with van der Waals surface area (Å²) in [4.78, 5) is 14.3. The number of hydrogen-bond donors (Lipinski definition) is 1. The summed E-state index contributed by atoms with van der Waals surface area (Å²) in [5.74, 6) is 0.495. The Hall–Kier alpha value is -2.82. The van der Waals surface area contributed by atoms with Gasteiger partial charge in [-0.3, -0.25) is 4.79 Å². The summed E-state index contributed by atoms with van der Waals surface area (Å²) < 4.78 is 5.36. The average molecular weight is 339 g/mol. The van der Waals surface area contributed by atoms with Crippen molar-refractivity contribution in [3.8, 4) is 5.75 Å².